The van der Waals surface area contributed by atoms with Gasteiger partial charge in [-0.1, -0.05) is 48.4 Å². The second kappa shape index (κ2) is 12.5. The van der Waals surface area contributed by atoms with Crippen molar-refractivity contribution in [2.75, 3.05) is 18.5 Å². The number of anilines is 1. The summed E-state index contributed by atoms with van der Waals surface area (Å²) in [5.74, 6) is -1.64. The number of azide groups is 1. The van der Waals surface area contributed by atoms with Crippen molar-refractivity contribution in [3.63, 3.8) is 0 Å². The fourth-order valence-corrected chi connectivity index (χ4v) is 6.28. The van der Waals surface area contributed by atoms with E-state index in [1.165, 1.54) is 13.0 Å². The Morgan fingerprint density at radius 2 is 2.00 bits per heavy atom. The van der Waals surface area contributed by atoms with E-state index in [-0.39, 0.29) is 11.6 Å². The van der Waals surface area contributed by atoms with Crippen LogP contribution in [0, 0.1) is 5.92 Å². The number of nitrogens with zero attached hydrogens (tertiary/aromatic N) is 5. The first-order valence-electron chi connectivity index (χ1n) is 12.9. The molecule has 0 amide bonds. The molecule has 1 saturated heterocycles. The lowest BCUT2D eigenvalue weighted by molar-refractivity contribution is -0.151. The predicted molar refractivity (Wildman–Crippen MR) is 149 cm³/mol. The van der Waals surface area contributed by atoms with Crippen molar-refractivity contribution < 1.29 is 37.4 Å². The summed E-state index contributed by atoms with van der Waals surface area (Å²) >= 11 is 0. The van der Waals surface area contributed by atoms with Crippen LogP contribution < -0.4 is 15.9 Å². The van der Waals surface area contributed by atoms with E-state index in [2.05, 4.69) is 15.0 Å². The number of nitrogen functional groups attached to an aromatic ring is 1. The molecule has 0 aliphatic carbocycles. The second-order valence-corrected chi connectivity index (χ2v) is 12.0. The van der Waals surface area contributed by atoms with Crippen LogP contribution in [0.2, 0.25) is 0 Å². The summed E-state index contributed by atoms with van der Waals surface area (Å²) in [7, 11) is -4.38. The third-order valence-electron chi connectivity index (χ3n) is 6.39. The zero-order valence-corrected chi connectivity index (χ0v) is 23.8. The molecule has 1 unspecified atom stereocenters. The highest BCUT2D eigenvalue weighted by Crippen LogP contribution is 2.53. The van der Waals surface area contributed by atoms with Crippen molar-refractivity contribution in [3.05, 3.63) is 75.7 Å². The van der Waals surface area contributed by atoms with E-state index in [1.54, 1.807) is 44.2 Å². The van der Waals surface area contributed by atoms with Gasteiger partial charge in [0.05, 0.1) is 24.8 Å². The SMILES string of the molecule is CC(C)OC(=O)[C@H](C)CP(=O)(OC[C@@]1(N=[N+]=[N-])O[C@@H](n2ccc(N)nc2=O)[C@H](O)[C@@H]1F)Oc1cccc2ccccc12. The number of esters is 1. The first kappa shape index (κ1) is 30.9. The molecule has 14 nitrogen and oxygen atoms in total. The number of carbonyl (C=O) groups is 1. The van der Waals surface area contributed by atoms with Crippen LogP contribution in [0.1, 0.15) is 27.0 Å². The van der Waals surface area contributed by atoms with Crippen molar-refractivity contribution in [2.45, 2.75) is 51.1 Å². The van der Waals surface area contributed by atoms with E-state index in [4.69, 9.17) is 24.3 Å². The van der Waals surface area contributed by atoms with Crippen LogP contribution in [0.4, 0.5) is 10.2 Å². The van der Waals surface area contributed by atoms with Gasteiger partial charge in [0.25, 0.3) is 0 Å². The molecule has 3 N–H and O–H groups in total. The van der Waals surface area contributed by atoms with Gasteiger partial charge in [-0.25, -0.2) is 13.8 Å². The van der Waals surface area contributed by atoms with Crippen LogP contribution in [-0.2, 0) is 23.4 Å². The molecule has 1 fully saturated rings. The minimum Gasteiger partial charge on any atom is -0.463 e. The molecular formula is C26H30FN6O8P. The minimum atomic E-state index is -4.38. The van der Waals surface area contributed by atoms with Crippen molar-refractivity contribution >= 4 is 30.2 Å². The average Bonchev–Trinajstić information content (AvgIpc) is 3.17. The van der Waals surface area contributed by atoms with Gasteiger partial charge in [0, 0.05) is 16.5 Å². The molecule has 4 rings (SSSR count). The monoisotopic (exact) mass is 604 g/mol. The summed E-state index contributed by atoms with van der Waals surface area (Å²) < 4.78 is 53.0. The lowest BCUT2D eigenvalue weighted by Crippen LogP contribution is -2.42. The molecule has 6 atom stereocenters. The maximum atomic E-state index is 15.6. The zero-order valence-electron chi connectivity index (χ0n) is 22.9. The Bertz CT molecular complexity index is 1610. The number of rotatable bonds is 11. The molecule has 3 aromatic rings. The van der Waals surface area contributed by atoms with Crippen molar-refractivity contribution in [3.8, 4) is 5.75 Å². The van der Waals surface area contributed by atoms with Gasteiger partial charge >= 0.3 is 19.3 Å². The molecule has 224 valence electrons. The number of alkyl halides is 1. The number of hydrogen-bond acceptors (Lipinski definition) is 11. The summed E-state index contributed by atoms with van der Waals surface area (Å²) in [5.41, 5.74) is 11.2. The van der Waals surface area contributed by atoms with Crippen LogP contribution in [0.5, 0.6) is 5.75 Å². The molecule has 0 saturated carbocycles. The molecule has 0 spiro atoms. The Morgan fingerprint density at radius 3 is 2.69 bits per heavy atom. The van der Waals surface area contributed by atoms with Gasteiger partial charge < -0.3 is 24.8 Å². The van der Waals surface area contributed by atoms with Crippen LogP contribution in [-0.4, -0.2) is 57.5 Å². The number of ether oxygens (including phenoxy) is 2. The number of halogens is 1. The summed E-state index contributed by atoms with van der Waals surface area (Å²) in [6.07, 6.45) is -6.00. The summed E-state index contributed by atoms with van der Waals surface area (Å²) in [5, 5.41) is 15.4. The Hall–Kier alpha value is -4.00. The molecule has 1 aliphatic heterocycles. The number of aliphatic hydroxyl groups is 1. The van der Waals surface area contributed by atoms with Crippen molar-refractivity contribution in [1.82, 2.24) is 9.55 Å². The molecule has 16 heteroatoms. The van der Waals surface area contributed by atoms with Crippen molar-refractivity contribution in [1.29, 1.82) is 0 Å². The number of benzene rings is 2. The number of carbonyl (C=O) groups excluding carboxylic acids is 1. The van der Waals surface area contributed by atoms with Crippen LogP contribution in [0.3, 0.4) is 0 Å². The van der Waals surface area contributed by atoms with Crippen molar-refractivity contribution in [2.24, 2.45) is 11.0 Å². The predicted octanol–water partition coefficient (Wildman–Crippen LogP) is 4.09. The Labute approximate surface area is 239 Å². The van der Waals surface area contributed by atoms with Gasteiger partial charge in [0.15, 0.2) is 12.4 Å². The summed E-state index contributed by atoms with van der Waals surface area (Å²) in [6, 6.07) is 13.3. The average molecular weight is 605 g/mol. The third-order valence-corrected chi connectivity index (χ3v) is 8.39. The Balaban J connectivity index is 1.68. The lowest BCUT2D eigenvalue weighted by atomic mass is 10.1. The quantitative estimate of drug-likeness (QED) is 0.106. The fraction of sp³-hybridized carbons (Fsp3) is 0.423. The highest BCUT2D eigenvalue weighted by atomic mass is 31.2. The maximum Gasteiger partial charge on any atom is 0.380 e. The third kappa shape index (κ3) is 6.56. The zero-order chi connectivity index (χ0) is 30.7. The van der Waals surface area contributed by atoms with Gasteiger partial charge in [-0.15, -0.1) is 0 Å². The fourth-order valence-electron chi connectivity index (χ4n) is 4.38. The van der Waals surface area contributed by atoms with Gasteiger partial charge in [-0.3, -0.25) is 13.9 Å². The van der Waals surface area contributed by atoms with Gasteiger partial charge in [0.2, 0.25) is 5.72 Å². The second-order valence-electron chi connectivity index (χ2n) is 10.00. The van der Waals surface area contributed by atoms with Gasteiger partial charge in [0.1, 0.15) is 17.7 Å². The molecule has 42 heavy (non-hydrogen) atoms. The standard InChI is InChI=1S/C26H30FN6O8P/c1-15(2)39-24(35)16(3)13-42(37,41-19-10-6-8-17-7-4-5-9-18(17)19)38-14-26(31-32-29)22(27)21(34)23(40-26)33-12-11-20(28)30-25(33)36/h4-12,15-16,21-23,34H,13-14H2,1-3H3,(H2,28,30,36)/t16-,21-,22+,23-,26-,42?/m1/s1. The first-order valence-corrected chi connectivity index (χ1v) is 14.6. The first-order chi connectivity index (χ1) is 19.9. The topological polar surface area (TPSA) is 201 Å². The van der Waals surface area contributed by atoms with E-state index in [1.807, 2.05) is 12.1 Å². The Kier molecular flexibility index (Phi) is 9.19. The lowest BCUT2D eigenvalue weighted by Gasteiger charge is -2.29. The molecule has 2 heterocycles. The minimum absolute atomic E-state index is 0.123. The van der Waals surface area contributed by atoms with E-state index in [0.717, 1.165) is 16.2 Å². The van der Waals surface area contributed by atoms with Crippen LogP contribution in [0.15, 0.2) is 64.6 Å². The Morgan fingerprint density at radius 1 is 1.29 bits per heavy atom. The van der Waals surface area contributed by atoms with E-state index < -0.39 is 68.3 Å². The highest BCUT2D eigenvalue weighted by Gasteiger charge is 2.57. The van der Waals surface area contributed by atoms with E-state index in [0.29, 0.717) is 5.39 Å². The van der Waals surface area contributed by atoms with Gasteiger partial charge in [-0.05, 0) is 36.9 Å². The number of hydrogen-bond donors (Lipinski definition) is 2. The number of aromatic nitrogens is 2. The summed E-state index contributed by atoms with van der Waals surface area (Å²) in [4.78, 5) is 31.1. The largest absolute Gasteiger partial charge is 0.463 e. The van der Waals surface area contributed by atoms with Crippen LogP contribution >= 0.6 is 7.60 Å². The van der Waals surface area contributed by atoms with Gasteiger partial charge in [-0.2, -0.15) is 4.98 Å². The highest BCUT2D eigenvalue weighted by molar-refractivity contribution is 7.54. The normalized spacial score (nSPS) is 24.1. The molecule has 0 radical (unpaired) electrons. The maximum absolute atomic E-state index is 15.6. The molecule has 1 aliphatic rings. The number of fused-ring (bicyclic) bond motifs is 1. The molecular weight excluding hydrogens is 574 g/mol. The van der Waals surface area contributed by atoms with E-state index in [9.17, 15) is 24.8 Å². The molecule has 1 aromatic heterocycles. The molecule has 2 aromatic carbocycles. The summed E-state index contributed by atoms with van der Waals surface area (Å²) in [6.45, 7) is 3.75. The number of nitrogens with two attached hydrogens (primary N) is 1. The molecule has 0 bridgehead atoms. The van der Waals surface area contributed by atoms with E-state index >= 15 is 4.39 Å². The number of aliphatic hydroxyl groups excluding tert-OH is 1. The van der Waals surface area contributed by atoms with Crippen LogP contribution in [0.25, 0.3) is 21.2 Å². The smallest absolute Gasteiger partial charge is 0.380 e.